The van der Waals surface area contributed by atoms with Gasteiger partial charge in [-0.3, -0.25) is 0 Å². The number of hydrogen-bond acceptors (Lipinski definition) is 5. The van der Waals surface area contributed by atoms with Gasteiger partial charge >= 0.3 is 16.1 Å². The predicted octanol–water partition coefficient (Wildman–Crippen LogP) is 3.51. The summed E-state index contributed by atoms with van der Waals surface area (Å²) in [5.74, 6) is -1.20. The maximum absolute atomic E-state index is 12.1. The molecule has 0 atom stereocenters. The van der Waals surface area contributed by atoms with Crippen molar-refractivity contribution in [3.05, 3.63) is 65.0 Å². The number of aromatic carboxylic acids is 1. The van der Waals surface area contributed by atoms with E-state index in [9.17, 15) is 13.2 Å². The fourth-order valence-electron chi connectivity index (χ4n) is 2.18. The van der Waals surface area contributed by atoms with E-state index in [1.165, 1.54) is 28.8 Å². The third-order valence-corrected chi connectivity index (χ3v) is 5.28. The van der Waals surface area contributed by atoms with Crippen molar-refractivity contribution in [2.45, 2.75) is 5.75 Å². The number of thiophene rings is 1. The maximum Gasteiger partial charge on any atom is 0.337 e. The number of carbonyl (C=O) groups is 1. The van der Waals surface area contributed by atoms with Crippen molar-refractivity contribution in [2.75, 3.05) is 0 Å². The van der Waals surface area contributed by atoms with Crippen molar-refractivity contribution in [2.24, 2.45) is 0 Å². The first-order valence-corrected chi connectivity index (χ1v) is 9.11. The zero-order valence-electron chi connectivity index (χ0n) is 11.8. The summed E-state index contributed by atoms with van der Waals surface area (Å²) in [6.45, 7) is 0. The van der Waals surface area contributed by atoms with Crippen LogP contribution in [0.2, 0.25) is 0 Å². The molecule has 0 aliphatic rings. The second-order valence-electron chi connectivity index (χ2n) is 4.88. The minimum absolute atomic E-state index is 0.106. The van der Waals surface area contributed by atoms with Crippen LogP contribution >= 0.6 is 11.3 Å². The van der Waals surface area contributed by atoms with Gasteiger partial charge in [-0.2, -0.15) is 8.42 Å². The number of rotatable bonds is 5. The highest BCUT2D eigenvalue weighted by Crippen LogP contribution is 2.30. The Labute approximate surface area is 136 Å². The minimum atomic E-state index is -3.82. The van der Waals surface area contributed by atoms with E-state index >= 15 is 0 Å². The minimum Gasteiger partial charge on any atom is -0.478 e. The lowest BCUT2D eigenvalue weighted by Gasteiger charge is -2.07. The van der Waals surface area contributed by atoms with Gasteiger partial charge in [0.15, 0.2) is 0 Å². The SMILES string of the molecule is O=C(O)c1csc2ccc(OS(=O)(=O)Cc3ccccc3)cc12. The summed E-state index contributed by atoms with van der Waals surface area (Å²) in [6, 6.07) is 13.3. The van der Waals surface area contributed by atoms with Crippen molar-refractivity contribution in [1.82, 2.24) is 0 Å². The molecule has 3 rings (SSSR count). The van der Waals surface area contributed by atoms with Crippen LogP contribution in [-0.4, -0.2) is 19.5 Å². The quantitative estimate of drug-likeness (QED) is 0.714. The Bertz CT molecular complexity index is 959. The first-order valence-electron chi connectivity index (χ1n) is 6.65. The molecule has 3 aromatic rings. The maximum atomic E-state index is 12.1. The van der Waals surface area contributed by atoms with E-state index in [1.807, 2.05) is 0 Å². The summed E-state index contributed by atoms with van der Waals surface area (Å²) in [5, 5.41) is 11.1. The van der Waals surface area contributed by atoms with E-state index in [-0.39, 0.29) is 17.1 Å². The third-order valence-electron chi connectivity index (χ3n) is 3.18. The number of fused-ring (bicyclic) bond motifs is 1. The standard InChI is InChI=1S/C16H12O5S2/c17-16(18)14-9-22-15-7-6-12(8-13(14)15)21-23(19,20)10-11-4-2-1-3-5-11/h1-9H,10H2,(H,17,18). The summed E-state index contributed by atoms with van der Waals surface area (Å²) >= 11 is 1.29. The third kappa shape index (κ3) is 3.52. The molecule has 23 heavy (non-hydrogen) atoms. The van der Waals surface area contributed by atoms with E-state index in [0.717, 1.165) is 4.70 Å². The Morgan fingerprint density at radius 3 is 2.57 bits per heavy atom. The van der Waals surface area contributed by atoms with Crippen LogP contribution in [0.1, 0.15) is 15.9 Å². The number of carboxylic acid groups (broad SMARTS) is 1. The first kappa shape index (κ1) is 15.5. The molecular weight excluding hydrogens is 336 g/mol. The fourth-order valence-corrected chi connectivity index (χ4v) is 4.15. The van der Waals surface area contributed by atoms with Crippen molar-refractivity contribution < 1.29 is 22.5 Å². The van der Waals surface area contributed by atoms with E-state index in [2.05, 4.69) is 0 Å². The molecular formula is C16H12O5S2. The van der Waals surface area contributed by atoms with Gasteiger partial charge in [-0.05, 0) is 23.8 Å². The zero-order chi connectivity index (χ0) is 16.4. The van der Waals surface area contributed by atoms with Gasteiger partial charge in [0, 0.05) is 15.5 Å². The predicted molar refractivity (Wildman–Crippen MR) is 88.5 cm³/mol. The highest BCUT2D eigenvalue weighted by atomic mass is 32.2. The Morgan fingerprint density at radius 2 is 1.87 bits per heavy atom. The molecule has 118 valence electrons. The normalized spacial score (nSPS) is 11.5. The molecule has 7 heteroatoms. The number of carboxylic acids is 1. The van der Waals surface area contributed by atoms with E-state index in [0.29, 0.717) is 10.9 Å². The van der Waals surface area contributed by atoms with Gasteiger partial charge in [-0.1, -0.05) is 30.3 Å². The Morgan fingerprint density at radius 1 is 1.13 bits per heavy atom. The first-order chi connectivity index (χ1) is 10.9. The van der Waals surface area contributed by atoms with Gasteiger partial charge in [0.25, 0.3) is 0 Å². The number of hydrogen-bond donors (Lipinski definition) is 1. The van der Waals surface area contributed by atoms with Crippen LogP contribution < -0.4 is 4.18 Å². The van der Waals surface area contributed by atoms with Crippen LogP contribution in [0.5, 0.6) is 5.75 Å². The molecule has 0 saturated carbocycles. The van der Waals surface area contributed by atoms with Gasteiger partial charge in [-0.25, -0.2) is 4.79 Å². The van der Waals surface area contributed by atoms with E-state index in [1.54, 1.807) is 36.4 Å². The van der Waals surface area contributed by atoms with Crippen LogP contribution in [0, 0.1) is 0 Å². The lowest BCUT2D eigenvalue weighted by Crippen LogP contribution is -2.12. The molecule has 0 radical (unpaired) electrons. The molecule has 0 spiro atoms. The summed E-state index contributed by atoms with van der Waals surface area (Å²) in [5.41, 5.74) is 0.756. The zero-order valence-corrected chi connectivity index (χ0v) is 13.4. The summed E-state index contributed by atoms with van der Waals surface area (Å²) in [6.07, 6.45) is 0. The van der Waals surface area contributed by atoms with Crippen molar-refractivity contribution in [1.29, 1.82) is 0 Å². The van der Waals surface area contributed by atoms with Gasteiger partial charge in [0.05, 0.1) is 5.56 Å². The van der Waals surface area contributed by atoms with Crippen molar-refractivity contribution >= 4 is 37.5 Å². The number of benzene rings is 2. The molecule has 1 aromatic heterocycles. The molecule has 0 aliphatic carbocycles. The van der Waals surface area contributed by atoms with Crippen LogP contribution in [0.25, 0.3) is 10.1 Å². The largest absolute Gasteiger partial charge is 0.478 e. The monoisotopic (exact) mass is 348 g/mol. The smallest absolute Gasteiger partial charge is 0.337 e. The molecule has 0 saturated heterocycles. The topological polar surface area (TPSA) is 80.7 Å². The summed E-state index contributed by atoms with van der Waals surface area (Å²) < 4.78 is 30.1. The van der Waals surface area contributed by atoms with Gasteiger partial charge < -0.3 is 9.29 Å². The highest BCUT2D eigenvalue weighted by molar-refractivity contribution is 7.86. The van der Waals surface area contributed by atoms with E-state index < -0.39 is 16.1 Å². The highest BCUT2D eigenvalue weighted by Gasteiger charge is 2.16. The molecule has 5 nitrogen and oxygen atoms in total. The molecule has 0 aliphatic heterocycles. The lowest BCUT2D eigenvalue weighted by atomic mass is 10.2. The average Bonchev–Trinajstić information content (AvgIpc) is 2.90. The second-order valence-corrected chi connectivity index (χ2v) is 7.37. The fraction of sp³-hybridized carbons (Fsp3) is 0.0625. The van der Waals surface area contributed by atoms with Gasteiger partial charge in [0.1, 0.15) is 11.5 Å². The molecule has 2 aromatic carbocycles. The Hall–Kier alpha value is -2.38. The van der Waals surface area contributed by atoms with E-state index in [4.69, 9.17) is 9.29 Å². The van der Waals surface area contributed by atoms with Gasteiger partial charge in [0.2, 0.25) is 0 Å². The molecule has 0 bridgehead atoms. The van der Waals surface area contributed by atoms with Crippen molar-refractivity contribution in [3.8, 4) is 5.75 Å². The molecule has 1 N–H and O–H groups in total. The van der Waals surface area contributed by atoms with Crippen LogP contribution in [0.15, 0.2) is 53.9 Å². The average molecular weight is 348 g/mol. The van der Waals surface area contributed by atoms with Crippen LogP contribution in [-0.2, 0) is 15.9 Å². The molecule has 1 heterocycles. The summed E-state index contributed by atoms with van der Waals surface area (Å²) in [4.78, 5) is 11.2. The molecule has 0 fully saturated rings. The Kier molecular flexibility index (Phi) is 4.06. The molecule has 0 unspecified atom stereocenters. The molecule has 0 amide bonds. The lowest BCUT2D eigenvalue weighted by molar-refractivity contribution is 0.0699. The summed E-state index contributed by atoms with van der Waals surface area (Å²) in [7, 11) is -3.82. The van der Waals surface area contributed by atoms with Crippen LogP contribution in [0.3, 0.4) is 0 Å². The second kappa shape index (κ2) is 6.02. The Balaban J connectivity index is 1.88. The van der Waals surface area contributed by atoms with Crippen molar-refractivity contribution in [3.63, 3.8) is 0 Å². The van der Waals surface area contributed by atoms with Gasteiger partial charge in [-0.15, -0.1) is 11.3 Å². The van der Waals surface area contributed by atoms with Crippen LogP contribution in [0.4, 0.5) is 0 Å².